The molecule has 1 aliphatic rings. The van der Waals surface area contributed by atoms with Gasteiger partial charge in [-0.1, -0.05) is 18.2 Å². The van der Waals surface area contributed by atoms with Gasteiger partial charge in [-0.3, -0.25) is 0 Å². The number of aromatic nitrogens is 2. The summed E-state index contributed by atoms with van der Waals surface area (Å²) in [5.41, 5.74) is 3.90. The van der Waals surface area contributed by atoms with Crippen LogP contribution in [0.15, 0.2) is 30.5 Å². The fourth-order valence-corrected chi connectivity index (χ4v) is 4.69. The zero-order valence-electron chi connectivity index (χ0n) is 15.2. The molecule has 0 spiro atoms. The summed E-state index contributed by atoms with van der Waals surface area (Å²) in [7, 11) is 0. The number of aryl methyl sites for hydroxylation is 2. The Morgan fingerprint density at radius 3 is 2.81 bits per heavy atom. The second kappa shape index (κ2) is 7.11. The molecule has 1 saturated heterocycles. The van der Waals surface area contributed by atoms with E-state index in [4.69, 9.17) is 0 Å². The fraction of sp³-hybridized carbons (Fsp3) is 0.400. The first kappa shape index (κ1) is 17.1. The Morgan fingerprint density at radius 2 is 2.08 bits per heavy atom. The number of nitrogens with one attached hydrogen (secondary N) is 2. The minimum absolute atomic E-state index is 0.0325. The number of benzene rings is 1. The number of amides is 2. The Kier molecular flexibility index (Phi) is 4.68. The molecule has 0 atom stereocenters. The van der Waals surface area contributed by atoms with Crippen LogP contribution in [0.2, 0.25) is 0 Å². The van der Waals surface area contributed by atoms with E-state index in [9.17, 15) is 4.79 Å². The molecule has 26 heavy (non-hydrogen) atoms. The van der Waals surface area contributed by atoms with E-state index in [1.54, 1.807) is 11.3 Å². The number of carbonyl (C=O) groups is 1. The highest BCUT2D eigenvalue weighted by atomic mass is 32.1. The monoisotopic (exact) mass is 368 g/mol. The van der Waals surface area contributed by atoms with Gasteiger partial charge in [0, 0.05) is 40.8 Å². The number of urea groups is 1. The van der Waals surface area contributed by atoms with Crippen LogP contribution in [0.4, 0.5) is 4.79 Å². The maximum absolute atomic E-state index is 12.4. The summed E-state index contributed by atoms with van der Waals surface area (Å²) in [6.45, 7) is 6.30. The van der Waals surface area contributed by atoms with Crippen LogP contribution in [0, 0.1) is 13.8 Å². The van der Waals surface area contributed by atoms with E-state index < -0.39 is 0 Å². The molecule has 1 aromatic carbocycles. The highest BCUT2D eigenvalue weighted by Crippen LogP contribution is 2.35. The van der Waals surface area contributed by atoms with E-state index in [0.29, 0.717) is 12.5 Å². The number of hydrogen-bond acceptors (Lipinski definition) is 3. The quantitative estimate of drug-likeness (QED) is 0.723. The van der Waals surface area contributed by atoms with Crippen molar-refractivity contribution in [2.45, 2.75) is 39.2 Å². The predicted molar refractivity (Wildman–Crippen MR) is 106 cm³/mol. The highest BCUT2D eigenvalue weighted by Gasteiger charge is 2.26. The van der Waals surface area contributed by atoms with Crippen molar-refractivity contribution < 1.29 is 4.79 Å². The van der Waals surface area contributed by atoms with Crippen LogP contribution >= 0.6 is 11.3 Å². The predicted octanol–water partition coefficient (Wildman–Crippen LogP) is 4.33. The molecule has 4 rings (SSSR count). The first-order chi connectivity index (χ1) is 12.6. The summed E-state index contributed by atoms with van der Waals surface area (Å²) in [6, 6.07) is 8.53. The number of likely N-dealkylation sites (tertiary alicyclic amines) is 1. The Balaban J connectivity index is 1.37. The maximum Gasteiger partial charge on any atom is 0.317 e. The number of hydrogen-bond donors (Lipinski definition) is 2. The molecule has 2 aromatic heterocycles. The third kappa shape index (κ3) is 3.33. The van der Waals surface area contributed by atoms with Crippen molar-refractivity contribution in [3.05, 3.63) is 51.6 Å². The SMILES string of the molecule is Cc1ncc(CNC(=O)N2CCC(c3c(C)[nH]c4ccccc34)CC2)s1. The molecule has 136 valence electrons. The molecule has 3 aromatic rings. The lowest BCUT2D eigenvalue weighted by Crippen LogP contribution is -2.43. The molecule has 3 heterocycles. The molecular formula is C20H24N4OS. The Morgan fingerprint density at radius 1 is 1.31 bits per heavy atom. The van der Waals surface area contributed by atoms with E-state index in [1.165, 1.54) is 22.2 Å². The van der Waals surface area contributed by atoms with Gasteiger partial charge in [-0.15, -0.1) is 11.3 Å². The van der Waals surface area contributed by atoms with Crippen LogP contribution in [-0.2, 0) is 6.54 Å². The van der Waals surface area contributed by atoms with Gasteiger partial charge in [0.05, 0.1) is 11.6 Å². The molecule has 0 saturated carbocycles. The second-order valence-electron chi connectivity index (χ2n) is 6.97. The summed E-state index contributed by atoms with van der Waals surface area (Å²) in [4.78, 5) is 23.2. The zero-order valence-corrected chi connectivity index (χ0v) is 16.0. The summed E-state index contributed by atoms with van der Waals surface area (Å²) < 4.78 is 0. The number of rotatable bonds is 3. The van der Waals surface area contributed by atoms with Crippen molar-refractivity contribution in [1.82, 2.24) is 20.2 Å². The standard InChI is InChI=1S/C20H24N4OS/c1-13-19(17-5-3-4-6-18(17)23-13)15-7-9-24(10-8-15)20(25)22-12-16-11-21-14(2)26-16/h3-6,11,15,23H,7-10,12H2,1-2H3,(H,22,25). The van der Waals surface area contributed by atoms with Crippen LogP contribution in [0.5, 0.6) is 0 Å². The van der Waals surface area contributed by atoms with Crippen molar-refractivity contribution in [3.63, 3.8) is 0 Å². The molecule has 0 bridgehead atoms. The summed E-state index contributed by atoms with van der Waals surface area (Å²) in [6.07, 6.45) is 3.86. The van der Waals surface area contributed by atoms with E-state index in [2.05, 4.69) is 46.5 Å². The van der Waals surface area contributed by atoms with Crippen LogP contribution in [0.1, 0.15) is 39.9 Å². The average Bonchev–Trinajstić information content (AvgIpc) is 3.22. The van der Waals surface area contributed by atoms with Crippen molar-refractivity contribution in [2.75, 3.05) is 13.1 Å². The molecule has 5 nitrogen and oxygen atoms in total. The summed E-state index contributed by atoms with van der Waals surface area (Å²) in [5.74, 6) is 0.513. The minimum Gasteiger partial charge on any atom is -0.358 e. The Hall–Kier alpha value is -2.34. The highest BCUT2D eigenvalue weighted by molar-refractivity contribution is 7.11. The summed E-state index contributed by atoms with van der Waals surface area (Å²) >= 11 is 1.63. The summed E-state index contributed by atoms with van der Waals surface area (Å²) in [5, 5.41) is 5.38. The molecule has 0 aliphatic carbocycles. The number of nitrogens with zero attached hydrogens (tertiary/aromatic N) is 2. The molecule has 1 aliphatic heterocycles. The molecule has 6 heteroatoms. The van der Waals surface area contributed by atoms with E-state index in [-0.39, 0.29) is 6.03 Å². The van der Waals surface area contributed by atoms with Crippen LogP contribution in [0.3, 0.4) is 0 Å². The topological polar surface area (TPSA) is 61.0 Å². The number of para-hydroxylation sites is 1. The largest absolute Gasteiger partial charge is 0.358 e. The van der Waals surface area contributed by atoms with Gasteiger partial charge in [-0.25, -0.2) is 9.78 Å². The number of thiazole rings is 1. The van der Waals surface area contributed by atoms with Gasteiger partial charge < -0.3 is 15.2 Å². The lowest BCUT2D eigenvalue weighted by Gasteiger charge is -2.32. The molecule has 0 unspecified atom stereocenters. The molecule has 0 radical (unpaired) electrons. The van der Waals surface area contributed by atoms with E-state index >= 15 is 0 Å². The Bertz CT molecular complexity index is 921. The lowest BCUT2D eigenvalue weighted by atomic mass is 9.87. The minimum atomic E-state index is 0.0325. The van der Waals surface area contributed by atoms with Gasteiger partial charge in [0.1, 0.15) is 0 Å². The third-order valence-corrected chi connectivity index (χ3v) is 6.13. The average molecular weight is 369 g/mol. The fourth-order valence-electron chi connectivity index (χ4n) is 3.96. The van der Waals surface area contributed by atoms with Crippen LogP contribution in [-0.4, -0.2) is 34.0 Å². The van der Waals surface area contributed by atoms with Gasteiger partial charge in [0.2, 0.25) is 0 Å². The Labute approximate surface area is 157 Å². The number of fused-ring (bicyclic) bond motifs is 1. The van der Waals surface area contributed by atoms with Crippen molar-refractivity contribution in [2.24, 2.45) is 0 Å². The first-order valence-electron chi connectivity index (χ1n) is 9.13. The molecular weight excluding hydrogens is 344 g/mol. The van der Waals surface area contributed by atoms with Gasteiger partial charge in [-0.2, -0.15) is 0 Å². The van der Waals surface area contributed by atoms with Gasteiger partial charge >= 0.3 is 6.03 Å². The lowest BCUT2D eigenvalue weighted by molar-refractivity contribution is 0.181. The van der Waals surface area contributed by atoms with Crippen molar-refractivity contribution in [1.29, 1.82) is 0 Å². The van der Waals surface area contributed by atoms with Crippen LogP contribution < -0.4 is 5.32 Å². The zero-order chi connectivity index (χ0) is 18.1. The second-order valence-corrected chi connectivity index (χ2v) is 8.29. The number of H-pyrrole nitrogens is 1. The van der Waals surface area contributed by atoms with Gasteiger partial charge in [-0.05, 0) is 44.2 Å². The van der Waals surface area contributed by atoms with Crippen molar-refractivity contribution in [3.8, 4) is 0 Å². The molecule has 2 N–H and O–H groups in total. The number of aromatic amines is 1. The molecule has 1 fully saturated rings. The molecule has 2 amide bonds. The smallest absolute Gasteiger partial charge is 0.317 e. The first-order valence-corrected chi connectivity index (χ1v) is 9.95. The van der Waals surface area contributed by atoms with E-state index in [1.807, 2.05) is 18.0 Å². The van der Waals surface area contributed by atoms with Gasteiger partial charge in [0.15, 0.2) is 0 Å². The number of carbonyl (C=O) groups excluding carboxylic acids is 1. The van der Waals surface area contributed by atoms with Gasteiger partial charge in [0.25, 0.3) is 0 Å². The van der Waals surface area contributed by atoms with Crippen molar-refractivity contribution >= 4 is 28.3 Å². The maximum atomic E-state index is 12.4. The normalized spacial score (nSPS) is 15.5. The number of piperidine rings is 1. The van der Waals surface area contributed by atoms with E-state index in [0.717, 1.165) is 35.8 Å². The third-order valence-electron chi connectivity index (χ3n) is 5.22. The van der Waals surface area contributed by atoms with Crippen LogP contribution in [0.25, 0.3) is 10.9 Å².